The number of amides is 1. The summed E-state index contributed by atoms with van der Waals surface area (Å²) in [5.41, 5.74) is 0.907. The van der Waals surface area contributed by atoms with Gasteiger partial charge in [0.2, 0.25) is 0 Å². The molecule has 1 fully saturated rings. The molecule has 0 radical (unpaired) electrons. The number of aromatic nitrogens is 1. The fourth-order valence-electron chi connectivity index (χ4n) is 2.60. The van der Waals surface area contributed by atoms with Crippen molar-refractivity contribution in [2.45, 2.75) is 25.1 Å². The van der Waals surface area contributed by atoms with Crippen molar-refractivity contribution >= 4 is 16.9 Å². The van der Waals surface area contributed by atoms with Crippen LogP contribution in [0.2, 0.25) is 0 Å². The first kappa shape index (κ1) is 13.0. The van der Waals surface area contributed by atoms with Gasteiger partial charge in [0.25, 0.3) is 0 Å². The molecule has 0 unspecified atom stereocenters. The van der Waals surface area contributed by atoms with Crippen molar-refractivity contribution in [2.75, 3.05) is 6.54 Å². The number of nitrogens with zero attached hydrogens (tertiary/aromatic N) is 2. The zero-order chi connectivity index (χ0) is 14.3. The quantitative estimate of drug-likeness (QED) is 0.808. The summed E-state index contributed by atoms with van der Waals surface area (Å²) >= 11 is 0. The Morgan fingerprint density at radius 2 is 2.10 bits per heavy atom. The van der Waals surface area contributed by atoms with Gasteiger partial charge in [-0.2, -0.15) is 13.2 Å². The highest BCUT2D eigenvalue weighted by atomic mass is 19.4. The third kappa shape index (κ3) is 2.03. The van der Waals surface area contributed by atoms with Crippen LogP contribution >= 0.6 is 0 Å². The average molecular weight is 284 g/mol. The first-order valence-corrected chi connectivity index (χ1v) is 6.20. The summed E-state index contributed by atoms with van der Waals surface area (Å²) in [7, 11) is 0. The molecule has 1 amide bonds. The Labute approximate surface area is 112 Å². The van der Waals surface area contributed by atoms with E-state index in [0.29, 0.717) is 29.5 Å². The highest BCUT2D eigenvalue weighted by Crippen LogP contribution is 2.37. The lowest BCUT2D eigenvalue weighted by Crippen LogP contribution is -2.40. The predicted molar refractivity (Wildman–Crippen MR) is 63.8 cm³/mol. The Kier molecular flexibility index (Phi) is 2.92. The number of likely N-dealkylation sites (tertiary alicyclic amines) is 1. The molecule has 1 atom stereocenters. The Morgan fingerprint density at radius 1 is 1.35 bits per heavy atom. The lowest BCUT2D eigenvalue weighted by Gasteiger charge is -2.24. The van der Waals surface area contributed by atoms with Crippen LogP contribution in [-0.4, -0.2) is 28.7 Å². The van der Waals surface area contributed by atoms with Crippen LogP contribution in [0.1, 0.15) is 24.6 Å². The van der Waals surface area contributed by atoms with E-state index in [4.69, 9.17) is 4.52 Å². The molecule has 2 heterocycles. The standard InChI is InChI=1S/C13H11F3N2O2/c14-13(15,16)12(19)18-7-3-5-9(18)11-8-4-1-2-6-10(8)20-17-11/h1-2,4,6,9H,3,5,7H2/t9-/m0/s1. The second-order valence-corrected chi connectivity index (χ2v) is 4.72. The number of para-hydroxylation sites is 1. The van der Waals surface area contributed by atoms with Gasteiger partial charge in [-0.25, -0.2) is 0 Å². The van der Waals surface area contributed by atoms with Crippen LogP contribution in [0.5, 0.6) is 0 Å². The molecule has 0 aliphatic carbocycles. The fraction of sp³-hybridized carbons (Fsp3) is 0.385. The zero-order valence-electron chi connectivity index (χ0n) is 10.4. The van der Waals surface area contributed by atoms with E-state index >= 15 is 0 Å². The smallest absolute Gasteiger partial charge is 0.356 e. The van der Waals surface area contributed by atoms with E-state index < -0.39 is 18.1 Å². The number of carbonyl (C=O) groups excluding carboxylic acids is 1. The molecular weight excluding hydrogens is 273 g/mol. The van der Waals surface area contributed by atoms with Gasteiger partial charge in [-0.15, -0.1) is 0 Å². The number of alkyl halides is 3. The fourth-order valence-corrected chi connectivity index (χ4v) is 2.60. The maximum absolute atomic E-state index is 12.6. The number of fused-ring (bicyclic) bond motifs is 1. The highest BCUT2D eigenvalue weighted by Gasteiger charge is 2.47. The van der Waals surface area contributed by atoms with Gasteiger partial charge in [0.1, 0.15) is 5.69 Å². The molecule has 3 rings (SSSR count). The Bertz CT molecular complexity index is 650. The molecular formula is C13H11F3N2O2. The van der Waals surface area contributed by atoms with Crippen LogP contribution in [-0.2, 0) is 4.79 Å². The minimum absolute atomic E-state index is 0.0875. The second kappa shape index (κ2) is 4.50. The van der Waals surface area contributed by atoms with Gasteiger partial charge in [-0.05, 0) is 25.0 Å². The molecule has 2 aromatic rings. The van der Waals surface area contributed by atoms with Gasteiger partial charge in [-0.1, -0.05) is 17.3 Å². The van der Waals surface area contributed by atoms with Crippen LogP contribution in [0.15, 0.2) is 28.8 Å². The molecule has 1 aliphatic rings. The largest absolute Gasteiger partial charge is 0.471 e. The van der Waals surface area contributed by atoms with Crippen molar-refractivity contribution in [3.63, 3.8) is 0 Å². The molecule has 7 heteroatoms. The van der Waals surface area contributed by atoms with Crippen molar-refractivity contribution in [2.24, 2.45) is 0 Å². The number of benzene rings is 1. The molecule has 0 spiro atoms. The SMILES string of the molecule is O=C(N1CCC[C@H]1c1noc2ccccc12)C(F)(F)F. The summed E-state index contributed by atoms with van der Waals surface area (Å²) < 4.78 is 42.9. The first-order chi connectivity index (χ1) is 9.48. The van der Waals surface area contributed by atoms with Crippen molar-refractivity contribution < 1.29 is 22.5 Å². The van der Waals surface area contributed by atoms with Crippen LogP contribution in [0, 0.1) is 0 Å². The Balaban J connectivity index is 1.99. The summed E-state index contributed by atoms with van der Waals surface area (Å²) in [5, 5.41) is 4.51. The van der Waals surface area contributed by atoms with Gasteiger partial charge < -0.3 is 9.42 Å². The van der Waals surface area contributed by atoms with Gasteiger partial charge in [0, 0.05) is 11.9 Å². The van der Waals surface area contributed by atoms with Crippen molar-refractivity contribution in [1.29, 1.82) is 0 Å². The summed E-state index contributed by atoms with van der Waals surface area (Å²) in [6.07, 6.45) is -3.88. The second-order valence-electron chi connectivity index (χ2n) is 4.72. The molecule has 1 aromatic heterocycles. The van der Waals surface area contributed by atoms with Crippen molar-refractivity contribution in [3.8, 4) is 0 Å². The minimum atomic E-state index is -4.86. The third-order valence-corrected chi connectivity index (χ3v) is 3.48. The molecule has 1 saturated heterocycles. The van der Waals surface area contributed by atoms with Gasteiger partial charge in [-0.3, -0.25) is 4.79 Å². The minimum Gasteiger partial charge on any atom is -0.356 e. The summed E-state index contributed by atoms with van der Waals surface area (Å²) in [6.45, 7) is 0.0875. The van der Waals surface area contributed by atoms with E-state index in [1.54, 1.807) is 24.3 Å². The maximum atomic E-state index is 12.6. The van der Waals surface area contributed by atoms with E-state index in [-0.39, 0.29) is 6.54 Å². The molecule has 1 aromatic carbocycles. The number of hydrogen-bond acceptors (Lipinski definition) is 3. The van der Waals surface area contributed by atoms with Crippen LogP contribution < -0.4 is 0 Å². The summed E-state index contributed by atoms with van der Waals surface area (Å²) in [4.78, 5) is 12.3. The zero-order valence-corrected chi connectivity index (χ0v) is 10.4. The van der Waals surface area contributed by atoms with E-state index in [1.807, 2.05) is 0 Å². The van der Waals surface area contributed by atoms with E-state index in [9.17, 15) is 18.0 Å². The van der Waals surface area contributed by atoms with E-state index in [0.717, 1.165) is 4.90 Å². The topological polar surface area (TPSA) is 46.3 Å². The first-order valence-electron chi connectivity index (χ1n) is 6.20. The maximum Gasteiger partial charge on any atom is 0.471 e. The summed E-state index contributed by atoms with van der Waals surface area (Å²) in [5.74, 6) is -1.81. The van der Waals surface area contributed by atoms with Crippen molar-refractivity contribution in [1.82, 2.24) is 10.1 Å². The normalized spacial score (nSPS) is 19.8. The summed E-state index contributed by atoms with van der Waals surface area (Å²) in [6, 6.07) is 6.26. The number of halogens is 3. The number of carbonyl (C=O) groups is 1. The molecule has 20 heavy (non-hydrogen) atoms. The van der Waals surface area contributed by atoms with Gasteiger partial charge in [0.15, 0.2) is 5.58 Å². The van der Waals surface area contributed by atoms with E-state index in [1.165, 1.54) is 0 Å². The third-order valence-electron chi connectivity index (χ3n) is 3.48. The average Bonchev–Trinajstić information content (AvgIpc) is 3.02. The lowest BCUT2D eigenvalue weighted by molar-refractivity contribution is -0.186. The monoisotopic (exact) mass is 284 g/mol. The van der Waals surface area contributed by atoms with Crippen LogP contribution in [0.3, 0.4) is 0 Å². The lowest BCUT2D eigenvalue weighted by atomic mass is 10.1. The van der Waals surface area contributed by atoms with Crippen LogP contribution in [0.25, 0.3) is 11.0 Å². The number of hydrogen-bond donors (Lipinski definition) is 0. The Hall–Kier alpha value is -2.05. The predicted octanol–water partition coefficient (Wildman–Crippen LogP) is 3.05. The highest BCUT2D eigenvalue weighted by molar-refractivity contribution is 5.84. The molecule has 4 nitrogen and oxygen atoms in total. The Morgan fingerprint density at radius 3 is 2.85 bits per heavy atom. The van der Waals surface area contributed by atoms with Crippen LogP contribution in [0.4, 0.5) is 13.2 Å². The molecule has 0 N–H and O–H groups in total. The molecule has 0 bridgehead atoms. The number of rotatable bonds is 1. The molecule has 106 valence electrons. The van der Waals surface area contributed by atoms with E-state index in [2.05, 4.69) is 5.16 Å². The van der Waals surface area contributed by atoms with Gasteiger partial charge >= 0.3 is 12.1 Å². The molecule has 0 saturated carbocycles. The van der Waals surface area contributed by atoms with Gasteiger partial charge in [0.05, 0.1) is 6.04 Å². The van der Waals surface area contributed by atoms with Crippen molar-refractivity contribution in [3.05, 3.63) is 30.0 Å². The molecule has 1 aliphatic heterocycles.